The highest BCUT2D eigenvalue weighted by atomic mass is 79.9. The normalized spacial score (nSPS) is 17.5. The highest BCUT2D eigenvalue weighted by Crippen LogP contribution is 2.42. The molecule has 148 valence electrons. The van der Waals surface area contributed by atoms with E-state index in [-0.39, 0.29) is 11.5 Å². The molecule has 0 atom stereocenters. The molecule has 1 spiro atoms. The van der Waals surface area contributed by atoms with Gasteiger partial charge >= 0.3 is 0 Å². The molecule has 2 aliphatic rings. The average molecular weight is 456 g/mol. The Balaban J connectivity index is 1.75. The van der Waals surface area contributed by atoms with Gasteiger partial charge in [-0.2, -0.15) is 10.1 Å². The van der Waals surface area contributed by atoms with Crippen molar-refractivity contribution in [3.05, 3.63) is 63.1 Å². The van der Waals surface area contributed by atoms with E-state index in [2.05, 4.69) is 38.2 Å². The lowest BCUT2D eigenvalue weighted by molar-refractivity contribution is 0.137. The molecule has 1 aromatic heterocycles. The summed E-state index contributed by atoms with van der Waals surface area (Å²) in [4.78, 5) is 19.6. The molecule has 3 heterocycles. The van der Waals surface area contributed by atoms with Crippen LogP contribution in [0.1, 0.15) is 12.8 Å². The van der Waals surface area contributed by atoms with Crippen LogP contribution in [0.2, 0.25) is 0 Å². The number of piperidine rings is 1. The molecular weight excluding hydrogens is 437 g/mol. The molecule has 2 aromatic carbocycles. The molecule has 1 saturated heterocycles. The van der Waals surface area contributed by atoms with Crippen molar-refractivity contribution >= 4 is 21.6 Å². The highest BCUT2D eigenvalue weighted by Gasteiger charge is 2.42. The van der Waals surface area contributed by atoms with E-state index in [4.69, 9.17) is 5.10 Å². The first-order valence-electron chi connectivity index (χ1n) is 9.50. The lowest BCUT2D eigenvalue weighted by atomic mass is 9.93. The maximum atomic E-state index is 13.4. The highest BCUT2D eigenvalue weighted by molar-refractivity contribution is 9.10. The Morgan fingerprint density at radius 2 is 1.86 bits per heavy atom. The third-order valence-corrected chi connectivity index (χ3v) is 6.23. The Morgan fingerprint density at radius 1 is 1.14 bits per heavy atom. The quantitative estimate of drug-likeness (QED) is 0.606. The van der Waals surface area contributed by atoms with Crippen molar-refractivity contribution in [2.75, 3.05) is 25.5 Å². The second kappa shape index (κ2) is 6.74. The Kier molecular flexibility index (Phi) is 4.29. The van der Waals surface area contributed by atoms with E-state index in [1.807, 2.05) is 22.9 Å². The van der Waals surface area contributed by atoms with Crippen molar-refractivity contribution in [2.45, 2.75) is 18.5 Å². The Bertz CT molecular complexity index is 1150. The van der Waals surface area contributed by atoms with Crippen LogP contribution in [0.3, 0.4) is 0 Å². The molecule has 1 N–H and O–H groups in total. The van der Waals surface area contributed by atoms with Gasteiger partial charge in [-0.15, -0.1) is 0 Å². The fraction of sp³-hybridized carbons (Fsp3) is 0.286. The number of fused-ring (bicyclic) bond motifs is 4. The first-order chi connectivity index (χ1) is 13.9. The summed E-state index contributed by atoms with van der Waals surface area (Å²) in [6.07, 6.45) is 1.65. The molecule has 1 fully saturated rings. The third kappa shape index (κ3) is 3.07. The summed E-state index contributed by atoms with van der Waals surface area (Å²) in [5.41, 5.74) is 1.69. The number of hydrogen-bond donors (Lipinski definition) is 1. The molecule has 29 heavy (non-hydrogen) atoms. The molecule has 6 nitrogen and oxygen atoms in total. The number of benzene rings is 2. The van der Waals surface area contributed by atoms with Crippen molar-refractivity contribution in [3.63, 3.8) is 0 Å². The molecule has 3 aromatic rings. The Labute approximate surface area is 175 Å². The lowest BCUT2D eigenvalue weighted by Crippen LogP contribution is -2.53. The van der Waals surface area contributed by atoms with Crippen LogP contribution < -0.4 is 10.9 Å². The zero-order valence-electron chi connectivity index (χ0n) is 15.8. The van der Waals surface area contributed by atoms with Crippen LogP contribution in [0.25, 0.3) is 22.6 Å². The number of halogens is 2. The summed E-state index contributed by atoms with van der Waals surface area (Å²) in [5, 5.41) is 8.44. The van der Waals surface area contributed by atoms with Crippen LogP contribution in [0.4, 0.5) is 10.1 Å². The summed E-state index contributed by atoms with van der Waals surface area (Å²) < 4.78 is 16.1. The van der Waals surface area contributed by atoms with Gasteiger partial charge in [0.1, 0.15) is 11.5 Å². The van der Waals surface area contributed by atoms with Gasteiger partial charge in [-0.05, 0) is 49.5 Å². The molecule has 0 saturated carbocycles. The predicted octanol–water partition coefficient (Wildman–Crippen LogP) is 3.68. The van der Waals surface area contributed by atoms with Gasteiger partial charge < -0.3 is 10.2 Å². The van der Waals surface area contributed by atoms with Crippen LogP contribution in [-0.2, 0) is 5.66 Å². The summed E-state index contributed by atoms with van der Waals surface area (Å²) >= 11 is 3.51. The van der Waals surface area contributed by atoms with Gasteiger partial charge in [0.15, 0.2) is 11.5 Å². The van der Waals surface area contributed by atoms with Crippen molar-refractivity contribution in [3.8, 4) is 22.6 Å². The SMILES string of the molecule is CN1CCC2(CC1)Nc1ccc(Br)cc1-c1nc(=O)c(-c3ccc(F)cc3)nn12. The van der Waals surface area contributed by atoms with E-state index in [0.717, 1.165) is 41.7 Å². The second-order valence-corrected chi connectivity index (χ2v) is 8.57. The molecule has 0 aliphatic carbocycles. The molecular formula is C21H19BrFN5O. The van der Waals surface area contributed by atoms with Gasteiger partial charge in [0.25, 0.3) is 5.56 Å². The van der Waals surface area contributed by atoms with Crippen LogP contribution in [0.5, 0.6) is 0 Å². The largest absolute Gasteiger partial charge is 0.360 e. The van der Waals surface area contributed by atoms with Crippen LogP contribution in [-0.4, -0.2) is 39.8 Å². The molecule has 2 aliphatic heterocycles. The van der Waals surface area contributed by atoms with Gasteiger partial charge in [0.2, 0.25) is 0 Å². The summed E-state index contributed by atoms with van der Waals surface area (Å²) in [5.74, 6) is 0.201. The Morgan fingerprint density at radius 3 is 2.59 bits per heavy atom. The van der Waals surface area contributed by atoms with Crippen LogP contribution in [0, 0.1) is 5.82 Å². The van der Waals surface area contributed by atoms with Crippen molar-refractivity contribution < 1.29 is 4.39 Å². The van der Waals surface area contributed by atoms with Crippen LogP contribution >= 0.6 is 15.9 Å². The molecule has 0 unspecified atom stereocenters. The predicted molar refractivity (Wildman–Crippen MR) is 113 cm³/mol. The molecule has 0 radical (unpaired) electrons. The molecule has 0 bridgehead atoms. The van der Waals surface area contributed by atoms with Crippen molar-refractivity contribution in [1.82, 2.24) is 19.7 Å². The molecule has 0 amide bonds. The lowest BCUT2D eigenvalue weighted by Gasteiger charge is -2.46. The zero-order chi connectivity index (χ0) is 20.2. The van der Waals surface area contributed by atoms with Crippen molar-refractivity contribution in [1.29, 1.82) is 0 Å². The topological polar surface area (TPSA) is 63.1 Å². The first kappa shape index (κ1) is 18.4. The summed E-state index contributed by atoms with van der Waals surface area (Å²) in [6, 6.07) is 11.7. The van der Waals surface area contributed by atoms with E-state index in [0.29, 0.717) is 11.4 Å². The van der Waals surface area contributed by atoms with Gasteiger partial charge in [0.05, 0.1) is 0 Å². The Hall–Kier alpha value is -2.58. The van der Waals surface area contributed by atoms with E-state index < -0.39 is 11.2 Å². The average Bonchev–Trinajstić information content (AvgIpc) is 2.71. The minimum atomic E-state index is -0.460. The first-order valence-corrected chi connectivity index (χ1v) is 10.3. The number of hydrogen-bond acceptors (Lipinski definition) is 5. The minimum absolute atomic E-state index is 0.229. The number of aromatic nitrogens is 3. The number of nitrogens with one attached hydrogen (secondary N) is 1. The number of likely N-dealkylation sites (tertiary alicyclic amines) is 1. The smallest absolute Gasteiger partial charge is 0.300 e. The van der Waals surface area contributed by atoms with Gasteiger partial charge in [-0.1, -0.05) is 15.9 Å². The van der Waals surface area contributed by atoms with Crippen LogP contribution in [0.15, 0.2) is 51.7 Å². The summed E-state index contributed by atoms with van der Waals surface area (Å²) in [7, 11) is 2.10. The second-order valence-electron chi connectivity index (χ2n) is 7.66. The maximum absolute atomic E-state index is 13.4. The monoisotopic (exact) mass is 455 g/mol. The van der Waals surface area contributed by atoms with E-state index in [9.17, 15) is 9.18 Å². The number of rotatable bonds is 1. The fourth-order valence-corrected chi connectivity index (χ4v) is 4.45. The number of nitrogens with zero attached hydrogens (tertiary/aromatic N) is 4. The molecule has 5 rings (SSSR count). The minimum Gasteiger partial charge on any atom is -0.360 e. The van der Waals surface area contributed by atoms with Gasteiger partial charge in [0, 0.05) is 47.2 Å². The number of anilines is 1. The standard InChI is InChI=1S/C21H19BrFN5O/c1-27-10-8-21(9-11-27)25-17-7-4-14(22)12-16(17)19-24-20(29)18(26-28(19)21)13-2-5-15(23)6-3-13/h2-7,12,25H,8-11H2,1H3. The van der Waals surface area contributed by atoms with E-state index >= 15 is 0 Å². The summed E-state index contributed by atoms with van der Waals surface area (Å²) in [6.45, 7) is 1.80. The third-order valence-electron chi connectivity index (χ3n) is 5.74. The van der Waals surface area contributed by atoms with E-state index in [1.54, 1.807) is 12.1 Å². The molecule has 8 heteroatoms. The van der Waals surface area contributed by atoms with Gasteiger partial charge in [-0.3, -0.25) is 4.79 Å². The van der Waals surface area contributed by atoms with Gasteiger partial charge in [-0.25, -0.2) is 9.07 Å². The van der Waals surface area contributed by atoms with E-state index in [1.165, 1.54) is 12.1 Å². The maximum Gasteiger partial charge on any atom is 0.300 e. The van der Waals surface area contributed by atoms with Crippen molar-refractivity contribution in [2.24, 2.45) is 0 Å². The zero-order valence-corrected chi connectivity index (χ0v) is 17.4. The fourth-order valence-electron chi connectivity index (χ4n) is 4.09.